The molecule has 0 aromatic heterocycles. The third-order valence-electron chi connectivity index (χ3n) is 9.99. The van der Waals surface area contributed by atoms with Gasteiger partial charge < -0.3 is 0 Å². The van der Waals surface area contributed by atoms with E-state index in [1.165, 1.54) is 57.8 Å². The van der Waals surface area contributed by atoms with Crippen LogP contribution in [0.4, 0.5) is 0 Å². The number of carbonyl (C=O) groups is 1. The fraction of sp³-hybridized carbons (Fsp3) is 0.958. The number of hydrogen-bond acceptors (Lipinski definition) is 1. The molecule has 0 saturated heterocycles. The van der Waals surface area contributed by atoms with Crippen molar-refractivity contribution in [3.05, 3.63) is 0 Å². The number of rotatable bonds is 3. The second-order valence-corrected chi connectivity index (χ2v) is 10.9. The van der Waals surface area contributed by atoms with E-state index in [0.29, 0.717) is 22.5 Å². The molecular formula is C24H40O. The first-order valence-electron chi connectivity index (χ1n) is 11.4. The van der Waals surface area contributed by atoms with E-state index in [1.54, 1.807) is 0 Å². The van der Waals surface area contributed by atoms with Crippen molar-refractivity contribution in [3.8, 4) is 0 Å². The molecule has 4 rings (SSSR count). The third-order valence-corrected chi connectivity index (χ3v) is 9.99. The van der Waals surface area contributed by atoms with Gasteiger partial charge in [0.15, 0.2) is 0 Å². The van der Waals surface area contributed by atoms with Crippen molar-refractivity contribution >= 4 is 5.78 Å². The molecule has 0 aromatic carbocycles. The van der Waals surface area contributed by atoms with Crippen molar-refractivity contribution in [2.75, 3.05) is 0 Å². The fourth-order valence-corrected chi connectivity index (χ4v) is 8.68. The van der Waals surface area contributed by atoms with E-state index in [4.69, 9.17) is 0 Å². The van der Waals surface area contributed by atoms with E-state index in [9.17, 15) is 4.79 Å². The molecule has 0 aliphatic heterocycles. The SMILES string of the molecule is CCC[C@@H](C)[C@H]1CCC2C3CCC4CC(=O)CC[C@]4(C)C3CC[C@@]21C. The van der Waals surface area contributed by atoms with Gasteiger partial charge in [-0.15, -0.1) is 0 Å². The molecule has 4 fully saturated rings. The molecule has 0 N–H and O–H groups in total. The molecule has 0 radical (unpaired) electrons. The van der Waals surface area contributed by atoms with Gasteiger partial charge in [0, 0.05) is 12.8 Å². The molecule has 1 nitrogen and oxygen atoms in total. The zero-order valence-electron chi connectivity index (χ0n) is 17.2. The van der Waals surface area contributed by atoms with Crippen LogP contribution in [0.3, 0.4) is 0 Å². The van der Waals surface area contributed by atoms with E-state index in [0.717, 1.165) is 42.4 Å². The lowest BCUT2D eigenvalue weighted by atomic mass is 9.44. The summed E-state index contributed by atoms with van der Waals surface area (Å²) in [6.07, 6.45) is 14.4. The Balaban J connectivity index is 1.57. The maximum atomic E-state index is 12.0. The lowest BCUT2D eigenvalue weighted by molar-refractivity contribution is -0.140. The number of fused-ring (bicyclic) bond motifs is 5. The Hall–Kier alpha value is -0.330. The number of ketones is 1. The highest BCUT2D eigenvalue weighted by Crippen LogP contribution is 2.68. The summed E-state index contributed by atoms with van der Waals surface area (Å²) in [4.78, 5) is 12.0. The topological polar surface area (TPSA) is 17.1 Å². The minimum absolute atomic E-state index is 0.477. The Bertz CT molecular complexity index is 524. The molecule has 0 heterocycles. The molecule has 0 bridgehead atoms. The van der Waals surface area contributed by atoms with E-state index >= 15 is 0 Å². The Morgan fingerprint density at radius 3 is 2.52 bits per heavy atom. The highest BCUT2D eigenvalue weighted by atomic mass is 16.1. The van der Waals surface area contributed by atoms with Gasteiger partial charge in [0.2, 0.25) is 0 Å². The summed E-state index contributed by atoms with van der Waals surface area (Å²) in [5, 5.41) is 0. The molecular weight excluding hydrogens is 304 g/mol. The standard InChI is InChI=1S/C24H40O/c1-5-6-16(2)20-9-10-21-19-8-7-17-15-18(25)11-13-23(17,3)22(19)12-14-24(20,21)4/h16-17,19-22H,5-15H2,1-4H3/t16-,17?,19?,20-,21?,22?,23+,24-/m1/s1. The van der Waals surface area contributed by atoms with E-state index in [-0.39, 0.29) is 0 Å². The molecule has 0 spiro atoms. The summed E-state index contributed by atoms with van der Waals surface area (Å²) < 4.78 is 0. The molecule has 25 heavy (non-hydrogen) atoms. The normalized spacial score (nSPS) is 50.7. The quantitative estimate of drug-likeness (QED) is 0.560. The maximum Gasteiger partial charge on any atom is 0.133 e. The largest absolute Gasteiger partial charge is 0.300 e. The van der Waals surface area contributed by atoms with Gasteiger partial charge >= 0.3 is 0 Å². The number of Topliss-reactive ketones (excluding diaryl/α,β-unsaturated/α-hetero) is 1. The van der Waals surface area contributed by atoms with Gasteiger partial charge in [-0.25, -0.2) is 0 Å². The van der Waals surface area contributed by atoms with Gasteiger partial charge in [0.25, 0.3) is 0 Å². The molecule has 142 valence electrons. The summed E-state index contributed by atoms with van der Waals surface area (Å²) in [5.41, 5.74) is 1.09. The second kappa shape index (κ2) is 6.38. The molecule has 4 aliphatic rings. The van der Waals surface area contributed by atoms with Crippen LogP contribution in [0.1, 0.15) is 98.3 Å². The lowest BCUT2D eigenvalue weighted by Crippen LogP contribution is -2.53. The second-order valence-electron chi connectivity index (χ2n) is 10.9. The predicted molar refractivity (Wildman–Crippen MR) is 104 cm³/mol. The third kappa shape index (κ3) is 2.66. The zero-order valence-corrected chi connectivity index (χ0v) is 17.2. The molecule has 0 amide bonds. The van der Waals surface area contributed by atoms with Crippen LogP contribution in [0.25, 0.3) is 0 Å². The van der Waals surface area contributed by atoms with Crippen LogP contribution in [-0.4, -0.2) is 5.78 Å². The Kier molecular flexibility index (Phi) is 4.61. The first-order valence-corrected chi connectivity index (χ1v) is 11.4. The number of hydrogen-bond donors (Lipinski definition) is 0. The maximum absolute atomic E-state index is 12.0. The first kappa shape index (κ1) is 18.1. The van der Waals surface area contributed by atoms with Crippen molar-refractivity contribution < 1.29 is 4.79 Å². The van der Waals surface area contributed by atoms with Gasteiger partial charge in [0.05, 0.1) is 0 Å². The summed E-state index contributed by atoms with van der Waals surface area (Å²) in [6.45, 7) is 10.2. The van der Waals surface area contributed by atoms with Crippen LogP contribution in [0.5, 0.6) is 0 Å². The summed E-state index contributed by atoms with van der Waals surface area (Å²) in [6, 6.07) is 0. The van der Waals surface area contributed by atoms with E-state index in [2.05, 4.69) is 27.7 Å². The molecule has 0 aromatic rings. The average molecular weight is 345 g/mol. The van der Waals surface area contributed by atoms with Gasteiger partial charge in [-0.1, -0.05) is 40.5 Å². The minimum atomic E-state index is 0.477. The average Bonchev–Trinajstić information content (AvgIpc) is 2.93. The lowest BCUT2D eigenvalue weighted by Gasteiger charge is -2.60. The molecule has 4 unspecified atom stereocenters. The van der Waals surface area contributed by atoms with Crippen LogP contribution < -0.4 is 0 Å². The molecule has 4 aliphatic carbocycles. The highest BCUT2D eigenvalue weighted by Gasteiger charge is 2.60. The van der Waals surface area contributed by atoms with Crippen molar-refractivity contribution in [1.82, 2.24) is 0 Å². The summed E-state index contributed by atoms with van der Waals surface area (Å²) in [5.74, 6) is 6.00. The molecule has 4 saturated carbocycles. The molecule has 1 heteroatoms. The van der Waals surface area contributed by atoms with Gasteiger partial charge in [-0.2, -0.15) is 0 Å². The minimum Gasteiger partial charge on any atom is -0.300 e. The van der Waals surface area contributed by atoms with Gasteiger partial charge in [-0.05, 0) is 91.3 Å². The van der Waals surface area contributed by atoms with Crippen LogP contribution in [0, 0.1) is 46.3 Å². The van der Waals surface area contributed by atoms with E-state index < -0.39 is 0 Å². The van der Waals surface area contributed by atoms with Crippen LogP contribution in [0.15, 0.2) is 0 Å². The summed E-state index contributed by atoms with van der Waals surface area (Å²) >= 11 is 0. The number of carbonyl (C=O) groups excluding carboxylic acids is 1. The van der Waals surface area contributed by atoms with Crippen LogP contribution >= 0.6 is 0 Å². The molecule has 8 atom stereocenters. The van der Waals surface area contributed by atoms with Crippen molar-refractivity contribution in [2.45, 2.75) is 98.3 Å². The van der Waals surface area contributed by atoms with Crippen LogP contribution in [-0.2, 0) is 4.79 Å². The van der Waals surface area contributed by atoms with Crippen molar-refractivity contribution in [2.24, 2.45) is 46.3 Å². The van der Waals surface area contributed by atoms with Crippen LogP contribution in [0.2, 0.25) is 0 Å². The van der Waals surface area contributed by atoms with Gasteiger partial charge in [-0.3, -0.25) is 4.79 Å². The van der Waals surface area contributed by atoms with Crippen molar-refractivity contribution in [1.29, 1.82) is 0 Å². The smallest absolute Gasteiger partial charge is 0.133 e. The Morgan fingerprint density at radius 1 is 1.00 bits per heavy atom. The highest BCUT2D eigenvalue weighted by molar-refractivity contribution is 5.79. The first-order chi connectivity index (χ1) is 11.9. The Labute approximate surface area is 155 Å². The van der Waals surface area contributed by atoms with E-state index in [1.807, 2.05) is 0 Å². The zero-order chi connectivity index (χ0) is 17.8. The van der Waals surface area contributed by atoms with Crippen molar-refractivity contribution in [3.63, 3.8) is 0 Å². The monoisotopic (exact) mass is 344 g/mol. The predicted octanol–water partition coefficient (Wildman–Crippen LogP) is 6.65. The summed E-state index contributed by atoms with van der Waals surface area (Å²) in [7, 11) is 0. The Morgan fingerprint density at radius 2 is 1.76 bits per heavy atom. The van der Waals surface area contributed by atoms with Gasteiger partial charge in [0.1, 0.15) is 5.78 Å². The fourth-order valence-electron chi connectivity index (χ4n) is 8.68.